The summed E-state index contributed by atoms with van der Waals surface area (Å²) in [7, 11) is 0. The molecule has 2 N–H and O–H groups in total. The highest BCUT2D eigenvalue weighted by atomic mass is 16.3. The summed E-state index contributed by atoms with van der Waals surface area (Å²) in [5.41, 5.74) is 0.291. The lowest BCUT2D eigenvalue weighted by atomic mass is 9.62. The van der Waals surface area contributed by atoms with Crippen LogP contribution in [-0.2, 0) is 0 Å². The Bertz CT molecular complexity index is 229. The van der Waals surface area contributed by atoms with Crippen LogP contribution in [-0.4, -0.2) is 22.9 Å². The van der Waals surface area contributed by atoms with Crippen LogP contribution in [0.25, 0.3) is 0 Å². The van der Waals surface area contributed by atoms with E-state index in [-0.39, 0.29) is 6.10 Å². The molecule has 0 aromatic carbocycles. The fourth-order valence-electron chi connectivity index (χ4n) is 4.25. The van der Waals surface area contributed by atoms with Gasteiger partial charge in [-0.05, 0) is 48.9 Å². The molecule has 0 amide bonds. The number of aliphatic hydroxyl groups excluding tert-OH is 2. The van der Waals surface area contributed by atoms with Crippen LogP contribution in [0.1, 0.15) is 46.0 Å². The summed E-state index contributed by atoms with van der Waals surface area (Å²) in [6, 6.07) is 0. The Labute approximate surface area is 92.7 Å². The second kappa shape index (κ2) is 4.06. The summed E-state index contributed by atoms with van der Waals surface area (Å²) in [4.78, 5) is 0. The van der Waals surface area contributed by atoms with Gasteiger partial charge < -0.3 is 10.2 Å². The van der Waals surface area contributed by atoms with Gasteiger partial charge in [0.1, 0.15) is 0 Å². The third-order valence-corrected chi connectivity index (χ3v) is 5.14. The Morgan fingerprint density at radius 3 is 2.73 bits per heavy atom. The maximum absolute atomic E-state index is 10.1. The molecule has 2 fully saturated rings. The molecule has 0 saturated heterocycles. The molecule has 0 spiro atoms. The van der Waals surface area contributed by atoms with Crippen molar-refractivity contribution in [2.24, 2.45) is 23.2 Å². The highest BCUT2D eigenvalue weighted by molar-refractivity contribution is 5.01. The zero-order chi connectivity index (χ0) is 11.1. The number of hydrogen-bond acceptors (Lipinski definition) is 2. The second-order valence-electron chi connectivity index (χ2n) is 5.92. The Morgan fingerprint density at radius 2 is 2.07 bits per heavy atom. The number of rotatable bonds is 2. The van der Waals surface area contributed by atoms with Gasteiger partial charge in [-0.1, -0.05) is 20.3 Å². The van der Waals surface area contributed by atoms with Crippen LogP contribution < -0.4 is 0 Å². The Balaban J connectivity index is 2.17. The van der Waals surface area contributed by atoms with Crippen molar-refractivity contribution >= 4 is 0 Å². The van der Waals surface area contributed by atoms with Gasteiger partial charge in [-0.15, -0.1) is 0 Å². The molecule has 0 heterocycles. The standard InChI is InChI=1S/C13H24O2/c1-9(8-14)10-5-6-11-12(15)4-3-7-13(10,11)2/h9-12,14-15H,3-8H2,1-2H3/t9-,10+,11-,12+,13+/m1/s1. The molecule has 2 aliphatic carbocycles. The van der Waals surface area contributed by atoms with Gasteiger partial charge in [0.15, 0.2) is 0 Å². The lowest BCUT2D eigenvalue weighted by Crippen LogP contribution is -2.41. The molecule has 0 aromatic rings. The molecule has 2 nitrogen and oxygen atoms in total. The Morgan fingerprint density at radius 1 is 1.33 bits per heavy atom. The van der Waals surface area contributed by atoms with Gasteiger partial charge in [0, 0.05) is 6.61 Å². The third-order valence-electron chi connectivity index (χ3n) is 5.14. The second-order valence-corrected chi connectivity index (χ2v) is 5.92. The van der Waals surface area contributed by atoms with Crippen LogP contribution in [0.4, 0.5) is 0 Å². The van der Waals surface area contributed by atoms with Crippen molar-refractivity contribution in [1.82, 2.24) is 0 Å². The number of hydrogen-bond donors (Lipinski definition) is 2. The van der Waals surface area contributed by atoms with E-state index in [1.54, 1.807) is 0 Å². The highest BCUT2D eigenvalue weighted by Crippen LogP contribution is 2.57. The smallest absolute Gasteiger partial charge is 0.0573 e. The van der Waals surface area contributed by atoms with Crippen LogP contribution in [0.2, 0.25) is 0 Å². The number of fused-ring (bicyclic) bond motifs is 1. The summed E-state index contributed by atoms with van der Waals surface area (Å²) in [5, 5.41) is 19.4. The summed E-state index contributed by atoms with van der Waals surface area (Å²) >= 11 is 0. The molecule has 0 aliphatic heterocycles. The molecule has 0 bridgehead atoms. The van der Waals surface area contributed by atoms with Gasteiger partial charge in [-0.2, -0.15) is 0 Å². The summed E-state index contributed by atoms with van der Waals surface area (Å²) in [6.07, 6.45) is 5.65. The average Bonchev–Trinajstić information content (AvgIpc) is 2.56. The van der Waals surface area contributed by atoms with Crippen molar-refractivity contribution in [3.63, 3.8) is 0 Å². The lowest BCUT2D eigenvalue weighted by molar-refractivity contribution is -0.0321. The quantitative estimate of drug-likeness (QED) is 0.736. The van der Waals surface area contributed by atoms with Crippen molar-refractivity contribution in [2.75, 3.05) is 6.61 Å². The molecule has 5 atom stereocenters. The molecule has 2 heteroatoms. The fourth-order valence-corrected chi connectivity index (χ4v) is 4.25. The first-order chi connectivity index (χ1) is 7.09. The van der Waals surface area contributed by atoms with E-state index in [0.29, 0.717) is 29.8 Å². The fraction of sp³-hybridized carbons (Fsp3) is 1.00. The van der Waals surface area contributed by atoms with Crippen LogP contribution in [0.5, 0.6) is 0 Å². The molecule has 88 valence electrons. The van der Waals surface area contributed by atoms with E-state index < -0.39 is 0 Å². The zero-order valence-corrected chi connectivity index (χ0v) is 9.95. The molecule has 0 aromatic heterocycles. The van der Waals surface area contributed by atoms with Gasteiger partial charge >= 0.3 is 0 Å². The normalized spacial score (nSPS) is 47.6. The van der Waals surface area contributed by atoms with Crippen molar-refractivity contribution in [3.05, 3.63) is 0 Å². The first-order valence-electron chi connectivity index (χ1n) is 6.38. The lowest BCUT2D eigenvalue weighted by Gasteiger charge is -2.45. The van der Waals surface area contributed by atoms with E-state index in [2.05, 4.69) is 13.8 Å². The van der Waals surface area contributed by atoms with Gasteiger partial charge in [0.25, 0.3) is 0 Å². The van der Waals surface area contributed by atoms with Crippen LogP contribution in [0, 0.1) is 23.2 Å². The van der Waals surface area contributed by atoms with Crippen molar-refractivity contribution in [2.45, 2.75) is 52.1 Å². The molecule has 15 heavy (non-hydrogen) atoms. The van der Waals surface area contributed by atoms with Gasteiger partial charge in [0.05, 0.1) is 6.10 Å². The topological polar surface area (TPSA) is 40.5 Å². The highest BCUT2D eigenvalue weighted by Gasteiger charge is 2.51. The van der Waals surface area contributed by atoms with E-state index in [1.807, 2.05) is 0 Å². The average molecular weight is 212 g/mol. The maximum Gasteiger partial charge on any atom is 0.0573 e. The third kappa shape index (κ3) is 1.72. The minimum Gasteiger partial charge on any atom is -0.396 e. The molecule has 2 saturated carbocycles. The van der Waals surface area contributed by atoms with Crippen molar-refractivity contribution in [1.29, 1.82) is 0 Å². The first kappa shape index (κ1) is 11.4. The van der Waals surface area contributed by atoms with Crippen LogP contribution >= 0.6 is 0 Å². The van der Waals surface area contributed by atoms with Crippen molar-refractivity contribution in [3.8, 4) is 0 Å². The van der Waals surface area contributed by atoms with E-state index >= 15 is 0 Å². The van der Waals surface area contributed by atoms with Gasteiger partial charge in [0.2, 0.25) is 0 Å². The van der Waals surface area contributed by atoms with E-state index in [1.165, 1.54) is 12.8 Å². The number of aliphatic hydroxyl groups is 2. The van der Waals surface area contributed by atoms with Crippen LogP contribution in [0.15, 0.2) is 0 Å². The van der Waals surface area contributed by atoms with Crippen LogP contribution in [0.3, 0.4) is 0 Å². The Hall–Kier alpha value is -0.0800. The minimum absolute atomic E-state index is 0.0837. The summed E-state index contributed by atoms with van der Waals surface area (Å²) in [6.45, 7) is 4.78. The first-order valence-corrected chi connectivity index (χ1v) is 6.38. The largest absolute Gasteiger partial charge is 0.396 e. The zero-order valence-electron chi connectivity index (χ0n) is 9.95. The minimum atomic E-state index is -0.0837. The molecule has 0 radical (unpaired) electrons. The SMILES string of the molecule is C[C@H](CO)[C@@H]1CC[C@@H]2[C@@H](O)CCC[C@]21C. The van der Waals surface area contributed by atoms with Crippen molar-refractivity contribution < 1.29 is 10.2 Å². The monoisotopic (exact) mass is 212 g/mol. The van der Waals surface area contributed by atoms with E-state index in [9.17, 15) is 10.2 Å². The predicted octanol–water partition coefficient (Wildman–Crippen LogP) is 2.19. The molecule has 0 unspecified atom stereocenters. The molecular formula is C13H24O2. The summed E-state index contributed by atoms with van der Waals surface area (Å²) < 4.78 is 0. The van der Waals surface area contributed by atoms with E-state index in [0.717, 1.165) is 19.3 Å². The Kier molecular flexibility index (Phi) is 3.09. The van der Waals surface area contributed by atoms with Gasteiger partial charge in [-0.3, -0.25) is 0 Å². The molecule has 2 rings (SSSR count). The molecular weight excluding hydrogens is 188 g/mol. The van der Waals surface area contributed by atoms with Gasteiger partial charge in [-0.25, -0.2) is 0 Å². The van der Waals surface area contributed by atoms with E-state index in [4.69, 9.17) is 0 Å². The predicted molar refractivity (Wildman–Crippen MR) is 60.4 cm³/mol. The maximum atomic E-state index is 10.1. The molecule has 2 aliphatic rings. The summed E-state index contributed by atoms with van der Waals surface area (Å²) in [5.74, 6) is 1.50.